The summed E-state index contributed by atoms with van der Waals surface area (Å²) >= 11 is 0. The van der Waals surface area contributed by atoms with Gasteiger partial charge in [0.25, 0.3) is 0 Å². The van der Waals surface area contributed by atoms with Gasteiger partial charge in [-0.15, -0.1) is 0 Å². The minimum Gasteiger partial charge on any atom is -0.444 e. The number of carbonyl (C=O) groups excluding carboxylic acids is 4. The number of hydrogen-bond donors (Lipinski definition) is 2. The molecule has 0 radical (unpaired) electrons. The first-order chi connectivity index (χ1) is 16.2. The van der Waals surface area contributed by atoms with E-state index in [1.165, 1.54) is 18.7 Å². The van der Waals surface area contributed by atoms with Crippen molar-refractivity contribution in [3.8, 4) is 0 Å². The molecule has 1 saturated heterocycles. The molecule has 3 amide bonds. The molecular formula is C23H36F5N3O5. The van der Waals surface area contributed by atoms with Gasteiger partial charge in [-0.3, -0.25) is 14.4 Å². The maximum atomic E-state index is 13.6. The molecule has 8 nitrogen and oxygen atoms in total. The average Bonchev–Trinajstić information content (AvgIpc) is 2.72. The van der Waals surface area contributed by atoms with E-state index in [0.29, 0.717) is 0 Å². The molecule has 1 heterocycles. The summed E-state index contributed by atoms with van der Waals surface area (Å²) < 4.78 is 70.3. The van der Waals surface area contributed by atoms with Crippen molar-refractivity contribution < 1.29 is 45.9 Å². The molecule has 0 saturated carbocycles. The van der Waals surface area contributed by atoms with Crippen LogP contribution in [0.1, 0.15) is 61.3 Å². The molecule has 0 aliphatic carbocycles. The highest BCUT2D eigenvalue weighted by Crippen LogP contribution is 2.37. The fourth-order valence-corrected chi connectivity index (χ4v) is 3.65. The van der Waals surface area contributed by atoms with Crippen LogP contribution < -0.4 is 10.6 Å². The van der Waals surface area contributed by atoms with E-state index in [9.17, 15) is 41.1 Å². The Bertz CT molecular complexity index is 816. The summed E-state index contributed by atoms with van der Waals surface area (Å²) in [5.41, 5.74) is -0.764. The van der Waals surface area contributed by atoms with Crippen molar-refractivity contribution in [2.45, 2.75) is 91.1 Å². The number of piperidine rings is 1. The van der Waals surface area contributed by atoms with Crippen LogP contribution in [-0.2, 0) is 19.1 Å². The lowest BCUT2D eigenvalue weighted by Crippen LogP contribution is -2.58. The minimum absolute atomic E-state index is 0.0924. The summed E-state index contributed by atoms with van der Waals surface area (Å²) in [7, 11) is 0. The van der Waals surface area contributed by atoms with E-state index in [4.69, 9.17) is 4.74 Å². The third-order valence-corrected chi connectivity index (χ3v) is 5.69. The highest BCUT2D eigenvalue weighted by molar-refractivity contribution is 5.95. The molecule has 0 aromatic rings. The molecule has 36 heavy (non-hydrogen) atoms. The second kappa shape index (κ2) is 11.7. The zero-order chi connectivity index (χ0) is 28.2. The first kappa shape index (κ1) is 31.6. The van der Waals surface area contributed by atoms with Crippen LogP contribution in [0.25, 0.3) is 0 Å². The van der Waals surface area contributed by atoms with E-state index >= 15 is 0 Å². The van der Waals surface area contributed by atoms with Crippen LogP contribution in [0.2, 0.25) is 0 Å². The number of alkyl halides is 5. The highest BCUT2D eigenvalue weighted by atomic mass is 19.4. The largest absolute Gasteiger partial charge is 0.461 e. The van der Waals surface area contributed by atoms with Crippen LogP contribution in [0.15, 0.2) is 0 Å². The molecule has 0 spiro atoms. The molecule has 1 fully saturated rings. The lowest BCUT2D eigenvalue weighted by atomic mass is 9.91. The Morgan fingerprint density at radius 3 is 1.69 bits per heavy atom. The van der Waals surface area contributed by atoms with Crippen LogP contribution in [0.5, 0.6) is 0 Å². The SMILES string of the molecule is CC(C)C(NC(=O)C1CCN(C(=O)[C@@H](NC(=O)OC(C)(C)C)C(C)C)CC1)C(=O)C(F)(F)C(F)(F)F. The number of amides is 3. The van der Waals surface area contributed by atoms with Crippen molar-refractivity contribution >= 4 is 23.7 Å². The Hall–Kier alpha value is -2.47. The van der Waals surface area contributed by atoms with Gasteiger partial charge in [0.05, 0.1) is 6.04 Å². The topological polar surface area (TPSA) is 105 Å². The van der Waals surface area contributed by atoms with Crippen LogP contribution in [0.4, 0.5) is 26.7 Å². The lowest BCUT2D eigenvalue weighted by molar-refractivity contribution is -0.270. The Labute approximate surface area is 207 Å². The Morgan fingerprint density at radius 1 is 0.833 bits per heavy atom. The zero-order valence-corrected chi connectivity index (χ0v) is 21.6. The summed E-state index contributed by atoms with van der Waals surface area (Å²) in [5, 5.41) is 4.60. The standard InChI is InChI=1S/C23H36F5N3O5/c1-12(2)15(17(32)22(24,25)23(26,27)28)29-18(33)14-8-10-31(11-9-14)19(34)16(13(3)4)30-20(35)36-21(5,6)7/h12-16H,8-11H2,1-7H3,(H,29,33)(H,30,35)/t15?,16-/m0/s1. The molecule has 0 bridgehead atoms. The summed E-state index contributed by atoms with van der Waals surface area (Å²) in [6.07, 6.45) is -6.63. The molecule has 1 unspecified atom stereocenters. The molecule has 0 aromatic heterocycles. The lowest BCUT2D eigenvalue weighted by Gasteiger charge is -2.36. The van der Waals surface area contributed by atoms with Crippen LogP contribution in [0.3, 0.4) is 0 Å². The van der Waals surface area contributed by atoms with Gasteiger partial charge in [0.1, 0.15) is 11.6 Å². The van der Waals surface area contributed by atoms with E-state index in [1.807, 2.05) is 0 Å². The number of nitrogens with one attached hydrogen (secondary N) is 2. The molecular weight excluding hydrogens is 493 g/mol. The van der Waals surface area contributed by atoms with Crippen LogP contribution in [-0.4, -0.2) is 71.5 Å². The van der Waals surface area contributed by atoms with Crippen LogP contribution in [0, 0.1) is 17.8 Å². The maximum absolute atomic E-state index is 13.6. The molecule has 1 aliphatic heterocycles. The van der Waals surface area contributed by atoms with Gasteiger partial charge in [0.2, 0.25) is 17.6 Å². The van der Waals surface area contributed by atoms with Crippen molar-refractivity contribution in [2.24, 2.45) is 17.8 Å². The molecule has 2 N–H and O–H groups in total. The Balaban J connectivity index is 2.82. The number of nitrogens with zero attached hydrogens (tertiary/aromatic N) is 1. The van der Waals surface area contributed by atoms with Crippen molar-refractivity contribution in [3.63, 3.8) is 0 Å². The number of alkyl carbamates (subject to hydrolysis) is 1. The normalized spacial score (nSPS) is 17.6. The van der Waals surface area contributed by atoms with Gasteiger partial charge >= 0.3 is 18.2 Å². The van der Waals surface area contributed by atoms with Gasteiger partial charge in [-0.1, -0.05) is 27.7 Å². The van der Waals surface area contributed by atoms with Gasteiger partial charge in [-0.05, 0) is 45.4 Å². The van der Waals surface area contributed by atoms with Gasteiger partial charge < -0.3 is 20.3 Å². The van der Waals surface area contributed by atoms with Crippen LogP contribution >= 0.6 is 0 Å². The molecule has 0 aromatic carbocycles. The van der Waals surface area contributed by atoms with Crippen molar-refractivity contribution in [1.82, 2.24) is 15.5 Å². The van der Waals surface area contributed by atoms with Crippen molar-refractivity contribution in [1.29, 1.82) is 0 Å². The second-order valence-corrected chi connectivity index (χ2v) is 10.6. The molecule has 2 atom stereocenters. The van der Waals surface area contributed by atoms with Gasteiger partial charge in [0.15, 0.2) is 0 Å². The number of halogens is 5. The zero-order valence-electron chi connectivity index (χ0n) is 21.6. The Kier molecular flexibility index (Phi) is 10.3. The quantitative estimate of drug-likeness (QED) is 0.467. The van der Waals surface area contributed by atoms with E-state index in [0.717, 1.165) is 0 Å². The highest BCUT2D eigenvalue weighted by Gasteiger charge is 2.64. The first-order valence-corrected chi connectivity index (χ1v) is 11.8. The summed E-state index contributed by atoms with van der Waals surface area (Å²) in [4.78, 5) is 51.1. The summed E-state index contributed by atoms with van der Waals surface area (Å²) in [6, 6.07) is -2.92. The summed E-state index contributed by atoms with van der Waals surface area (Å²) in [5.74, 6) is -11.3. The summed E-state index contributed by atoms with van der Waals surface area (Å²) in [6.45, 7) is 11.2. The van der Waals surface area contributed by atoms with E-state index in [-0.39, 0.29) is 31.8 Å². The molecule has 13 heteroatoms. The number of hydrogen-bond acceptors (Lipinski definition) is 5. The number of ketones is 1. The molecule has 208 valence electrons. The molecule has 1 aliphatic rings. The fraction of sp³-hybridized carbons (Fsp3) is 0.826. The number of rotatable bonds is 8. The van der Waals surface area contributed by atoms with Gasteiger partial charge in [-0.2, -0.15) is 22.0 Å². The number of ether oxygens (including phenoxy) is 1. The third kappa shape index (κ3) is 8.29. The average molecular weight is 530 g/mol. The minimum atomic E-state index is -6.08. The van der Waals surface area contributed by atoms with Crippen molar-refractivity contribution in [2.75, 3.05) is 13.1 Å². The van der Waals surface area contributed by atoms with E-state index < -0.39 is 65.3 Å². The van der Waals surface area contributed by atoms with E-state index in [1.54, 1.807) is 34.6 Å². The Morgan fingerprint density at radius 2 is 1.31 bits per heavy atom. The van der Waals surface area contributed by atoms with Gasteiger partial charge in [-0.25, -0.2) is 4.79 Å². The van der Waals surface area contributed by atoms with E-state index in [2.05, 4.69) is 10.6 Å². The predicted molar refractivity (Wildman–Crippen MR) is 120 cm³/mol. The monoisotopic (exact) mass is 529 g/mol. The maximum Gasteiger partial charge on any atom is 0.461 e. The van der Waals surface area contributed by atoms with Crippen molar-refractivity contribution in [3.05, 3.63) is 0 Å². The number of likely N-dealkylation sites (tertiary alicyclic amines) is 1. The third-order valence-electron chi connectivity index (χ3n) is 5.69. The predicted octanol–water partition coefficient (Wildman–Crippen LogP) is 3.68. The second-order valence-electron chi connectivity index (χ2n) is 10.6. The van der Waals surface area contributed by atoms with Gasteiger partial charge in [0, 0.05) is 19.0 Å². The fourth-order valence-electron chi connectivity index (χ4n) is 3.65. The number of Topliss-reactive ketones (excluding diaryl/α,β-unsaturated/α-hetero) is 1. The molecule has 1 rings (SSSR count). The number of carbonyl (C=O) groups is 4. The first-order valence-electron chi connectivity index (χ1n) is 11.8. The smallest absolute Gasteiger partial charge is 0.444 e.